The third kappa shape index (κ3) is 6.38. The Labute approximate surface area is 221 Å². The predicted molar refractivity (Wildman–Crippen MR) is 148 cm³/mol. The summed E-state index contributed by atoms with van der Waals surface area (Å²) in [5.74, 6) is -0.0115. The molecule has 2 N–H and O–H groups in total. The van der Waals surface area contributed by atoms with Gasteiger partial charge in [0.25, 0.3) is 11.7 Å². The molecule has 37 heavy (non-hydrogen) atoms. The lowest BCUT2D eigenvalue weighted by Crippen LogP contribution is -2.41. The molecular weight excluding hydrogens is 464 g/mol. The number of amides is 1. The topological polar surface area (TPSA) is 78.5 Å². The second-order valence-corrected chi connectivity index (χ2v) is 11.5. The Morgan fingerprint density at radius 1 is 1.27 bits per heavy atom. The van der Waals surface area contributed by atoms with Gasteiger partial charge in [0.1, 0.15) is 0 Å². The zero-order chi connectivity index (χ0) is 26.6. The molecule has 0 atom stereocenters. The van der Waals surface area contributed by atoms with Crippen LogP contribution in [0.5, 0.6) is 0 Å². The number of carbonyl (C=O) groups excluding carboxylic acids is 1. The van der Waals surface area contributed by atoms with E-state index < -0.39 is 5.60 Å². The number of carbonyl (C=O) groups is 1. The normalized spacial score (nSPS) is 25.2. The van der Waals surface area contributed by atoms with Crippen LogP contribution in [-0.2, 0) is 15.1 Å². The molecule has 2 aliphatic carbocycles. The second kappa shape index (κ2) is 11.3. The third-order valence-corrected chi connectivity index (χ3v) is 8.28. The number of rotatable bonds is 8. The summed E-state index contributed by atoms with van der Waals surface area (Å²) < 4.78 is 5.23. The maximum Gasteiger partial charge on any atom is 0.293 e. The van der Waals surface area contributed by atoms with Crippen LogP contribution in [0.1, 0.15) is 76.3 Å². The van der Waals surface area contributed by atoms with Crippen molar-refractivity contribution in [3.63, 3.8) is 0 Å². The quantitative estimate of drug-likeness (QED) is 0.456. The van der Waals surface area contributed by atoms with Gasteiger partial charge in [-0.25, -0.2) is 0 Å². The van der Waals surface area contributed by atoms with Crippen molar-refractivity contribution in [3.8, 4) is 0 Å². The first-order valence-corrected chi connectivity index (χ1v) is 13.4. The lowest BCUT2D eigenvalue weighted by molar-refractivity contribution is -0.110. The van der Waals surface area contributed by atoms with E-state index in [0.29, 0.717) is 37.6 Å². The number of aliphatic imine (C=N–C) groups is 1. The van der Waals surface area contributed by atoms with Gasteiger partial charge in [-0.1, -0.05) is 38.6 Å². The molecule has 1 saturated carbocycles. The molecule has 0 radical (unpaired) electrons. The average Bonchev–Trinajstić information content (AvgIpc) is 3.38. The summed E-state index contributed by atoms with van der Waals surface area (Å²) in [7, 11) is 3.86. The zero-order valence-electron chi connectivity index (χ0n) is 22.6. The summed E-state index contributed by atoms with van der Waals surface area (Å²) in [5.41, 5.74) is 3.57. The van der Waals surface area contributed by atoms with E-state index in [9.17, 15) is 9.90 Å². The van der Waals surface area contributed by atoms with E-state index in [-0.39, 0.29) is 17.1 Å². The first-order chi connectivity index (χ1) is 17.6. The number of aliphatic hydroxyl groups is 1. The summed E-state index contributed by atoms with van der Waals surface area (Å²) in [6.07, 6.45) is 10.6. The Balaban J connectivity index is 1.57. The number of likely N-dealkylation sites (N-methyl/N-ethyl adjacent to an activating group) is 1. The van der Waals surface area contributed by atoms with E-state index in [1.54, 1.807) is 13.2 Å². The first kappa shape index (κ1) is 27.3. The molecule has 0 aromatic heterocycles. The Bertz CT molecular complexity index is 1150. The molecule has 1 fully saturated rings. The Kier molecular flexibility index (Phi) is 8.33. The fourth-order valence-electron chi connectivity index (χ4n) is 5.58. The van der Waals surface area contributed by atoms with Crippen molar-refractivity contribution in [2.45, 2.75) is 76.9 Å². The van der Waals surface area contributed by atoms with Gasteiger partial charge >= 0.3 is 0 Å². The average molecular weight is 505 g/mol. The van der Waals surface area contributed by atoms with E-state index in [2.05, 4.69) is 53.1 Å². The lowest BCUT2D eigenvalue weighted by atomic mass is 9.74. The van der Waals surface area contributed by atoms with Gasteiger partial charge in [0.2, 0.25) is 0 Å². The van der Waals surface area contributed by atoms with E-state index in [4.69, 9.17) is 11.3 Å². The number of ether oxygens (including phenoxy) is 1. The molecule has 1 aromatic carbocycles. The standard InChI is InChI=1S/C30H40N4O3/c1-29(2)14-10-21(11-15-29)24-20-22(30(36)16-12-23(13-17-30)34(4)18-19-37-5)6-7-25(24)33-28(35)26-8-9-27(31-3)32-26/h6-7,9-10,20,23,36H,8,11-19H2,1-2,4-5H3,(H,33,35). The van der Waals surface area contributed by atoms with Crippen LogP contribution in [0.4, 0.5) is 5.69 Å². The van der Waals surface area contributed by atoms with E-state index >= 15 is 0 Å². The van der Waals surface area contributed by atoms with Crippen LogP contribution in [0.2, 0.25) is 0 Å². The third-order valence-electron chi connectivity index (χ3n) is 8.28. The Hall–Kier alpha value is -2.79. The molecule has 0 saturated heterocycles. The SMILES string of the molecule is [C-]#[N+]C1=CCC(C(=O)Nc2ccc(C3(O)CCC(N(C)CCOC)CC3)cc2C2=CCC(C)(C)CC2)=N1. The number of hydrogen-bond donors (Lipinski definition) is 2. The Morgan fingerprint density at radius 3 is 2.65 bits per heavy atom. The van der Waals surface area contributed by atoms with Crippen LogP contribution in [0.15, 0.2) is 41.2 Å². The Morgan fingerprint density at radius 2 is 2.03 bits per heavy atom. The van der Waals surface area contributed by atoms with Crippen LogP contribution in [-0.4, -0.2) is 55.0 Å². The monoisotopic (exact) mass is 504 g/mol. The number of nitrogens with zero attached hydrogens (tertiary/aromatic N) is 3. The molecule has 1 aromatic rings. The first-order valence-electron chi connectivity index (χ1n) is 13.4. The van der Waals surface area contributed by atoms with Crippen molar-refractivity contribution >= 4 is 22.9 Å². The maximum atomic E-state index is 13.0. The molecule has 0 unspecified atom stereocenters. The smallest absolute Gasteiger partial charge is 0.293 e. The molecular formula is C30H40N4O3. The number of benzene rings is 1. The van der Waals surface area contributed by atoms with Gasteiger partial charge in [-0.2, -0.15) is 0 Å². The van der Waals surface area contributed by atoms with Gasteiger partial charge < -0.3 is 24.9 Å². The van der Waals surface area contributed by atoms with Gasteiger partial charge in [0, 0.05) is 37.4 Å². The zero-order valence-corrected chi connectivity index (χ0v) is 22.6. The minimum absolute atomic E-state index is 0.260. The fourth-order valence-corrected chi connectivity index (χ4v) is 5.58. The molecule has 4 rings (SSSR count). The van der Waals surface area contributed by atoms with Crippen LogP contribution < -0.4 is 5.32 Å². The van der Waals surface area contributed by atoms with Gasteiger partial charge in [-0.05, 0) is 80.7 Å². The number of anilines is 1. The highest BCUT2D eigenvalue weighted by Gasteiger charge is 2.37. The summed E-state index contributed by atoms with van der Waals surface area (Å²) in [6, 6.07) is 6.42. The molecule has 1 amide bonds. The number of methoxy groups -OCH3 is 1. The molecule has 7 nitrogen and oxygen atoms in total. The summed E-state index contributed by atoms with van der Waals surface area (Å²) in [5, 5.41) is 14.8. The van der Waals surface area contributed by atoms with Crippen LogP contribution in [0.3, 0.4) is 0 Å². The second-order valence-electron chi connectivity index (χ2n) is 11.5. The van der Waals surface area contributed by atoms with Crippen molar-refractivity contribution in [2.24, 2.45) is 10.4 Å². The lowest BCUT2D eigenvalue weighted by Gasteiger charge is -2.40. The fraction of sp³-hybridized carbons (Fsp3) is 0.567. The molecule has 1 heterocycles. The van der Waals surface area contributed by atoms with E-state index in [1.807, 2.05) is 12.1 Å². The van der Waals surface area contributed by atoms with Crippen LogP contribution >= 0.6 is 0 Å². The van der Waals surface area contributed by atoms with Crippen molar-refractivity contribution < 1.29 is 14.6 Å². The molecule has 7 heteroatoms. The van der Waals surface area contributed by atoms with Gasteiger partial charge in [-0.15, -0.1) is 4.99 Å². The predicted octanol–water partition coefficient (Wildman–Crippen LogP) is 5.53. The van der Waals surface area contributed by atoms with Crippen molar-refractivity contribution in [3.05, 3.63) is 58.7 Å². The van der Waals surface area contributed by atoms with Gasteiger partial charge in [0.05, 0.1) is 12.2 Å². The van der Waals surface area contributed by atoms with Crippen LogP contribution in [0, 0.1) is 12.0 Å². The number of allylic oxidation sites excluding steroid dienone is 3. The van der Waals surface area contributed by atoms with Crippen molar-refractivity contribution in [1.82, 2.24) is 4.90 Å². The summed E-state index contributed by atoms with van der Waals surface area (Å²) >= 11 is 0. The molecule has 0 spiro atoms. The molecule has 0 bridgehead atoms. The van der Waals surface area contributed by atoms with Crippen molar-refractivity contribution in [1.29, 1.82) is 0 Å². The van der Waals surface area contributed by atoms with Gasteiger partial charge in [0.15, 0.2) is 5.71 Å². The van der Waals surface area contributed by atoms with Crippen LogP contribution in [0.25, 0.3) is 10.4 Å². The summed E-state index contributed by atoms with van der Waals surface area (Å²) in [6.45, 7) is 13.3. The van der Waals surface area contributed by atoms with E-state index in [1.165, 1.54) is 5.57 Å². The van der Waals surface area contributed by atoms with E-state index in [0.717, 1.165) is 55.5 Å². The van der Waals surface area contributed by atoms with Crippen molar-refractivity contribution in [2.75, 3.05) is 32.6 Å². The highest BCUT2D eigenvalue weighted by molar-refractivity contribution is 6.44. The molecule has 3 aliphatic rings. The van der Waals surface area contributed by atoms with Gasteiger partial charge in [-0.3, -0.25) is 4.79 Å². The number of hydrogen-bond acceptors (Lipinski definition) is 5. The highest BCUT2D eigenvalue weighted by Crippen LogP contribution is 2.43. The maximum absolute atomic E-state index is 13.0. The minimum Gasteiger partial charge on any atom is -0.385 e. The molecule has 1 aliphatic heterocycles. The minimum atomic E-state index is -0.881. The number of nitrogens with one attached hydrogen (secondary N) is 1. The summed E-state index contributed by atoms with van der Waals surface area (Å²) in [4.78, 5) is 22.8. The largest absolute Gasteiger partial charge is 0.385 e. The molecule has 198 valence electrons. The highest BCUT2D eigenvalue weighted by atomic mass is 16.5.